The zero-order chi connectivity index (χ0) is 15.2. The van der Waals surface area contributed by atoms with Gasteiger partial charge >= 0.3 is 0 Å². The SMILES string of the molecule is CCCNc1ccc(C(=O)c2ccc(N(C)C)cc2)cc1. The maximum Gasteiger partial charge on any atom is 0.193 e. The normalized spacial score (nSPS) is 10.2. The molecule has 2 aromatic carbocycles. The van der Waals surface area contributed by atoms with Crippen molar-refractivity contribution in [1.82, 2.24) is 0 Å². The lowest BCUT2D eigenvalue weighted by molar-refractivity contribution is 0.103. The second kappa shape index (κ2) is 6.93. The van der Waals surface area contributed by atoms with E-state index in [4.69, 9.17) is 0 Å². The van der Waals surface area contributed by atoms with Crippen LogP contribution in [0.1, 0.15) is 29.3 Å². The number of carbonyl (C=O) groups excluding carboxylic acids is 1. The van der Waals surface area contributed by atoms with Crippen molar-refractivity contribution in [3.05, 3.63) is 59.7 Å². The van der Waals surface area contributed by atoms with Crippen molar-refractivity contribution in [2.75, 3.05) is 30.9 Å². The van der Waals surface area contributed by atoms with Gasteiger partial charge in [0.15, 0.2) is 5.78 Å². The Morgan fingerprint density at radius 2 is 1.48 bits per heavy atom. The first-order valence-electron chi connectivity index (χ1n) is 7.28. The molecule has 0 aliphatic rings. The van der Waals surface area contributed by atoms with Gasteiger partial charge < -0.3 is 10.2 Å². The minimum Gasteiger partial charge on any atom is -0.385 e. The van der Waals surface area contributed by atoms with Gasteiger partial charge in [-0.25, -0.2) is 0 Å². The highest BCUT2D eigenvalue weighted by molar-refractivity contribution is 6.09. The predicted octanol–water partition coefficient (Wildman–Crippen LogP) is 3.81. The Morgan fingerprint density at radius 1 is 0.952 bits per heavy atom. The lowest BCUT2D eigenvalue weighted by Gasteiger charge is -2.12. The van der Waals surface area contributed by atoms with E-state index >= 15 is 0 Å². The zero-order valence-electron chi connectivity index (χ0n) is 12.9. The van der Waals surface area contributed by atoms with Crippen molar-refractivity contribution in [2.45, 2.75) is 13.3 Å². The Bertz CT molecular complexity index is 586. The third kappa shape index (κ3) is 3.85. The summed E-state index contributed by atoms with van der Waals surface area (Å²) < 4.78 is 0. The first-order chi connectivity index (χ1) is 10.1. The third-order valence-electron chi connectivity index (χ3n) is 3.37. The van der Waals surface area contributed by atoms with Crippen LogP contribution in [0.15, 0.2) is 48.5 Å². The molecular formula is C18H22N2O. The largest absolute Gasteiger partial charge is 0.385 e. The molecule has 0 aliphatic heterocycles. The Kier molecular flexibility index (Phi) is 4.99. The first kappa shape index (κ1) is 15.1. The third-order valence-corrected chi connectivity index (χ3v) is 3.37. The molecule has 0 spiro atoms. The average Bonchev–Trinajstić information content (AvgIpc) is 2.53. The molecule has 0 saturated heterocycles. The van der Waals surface area contributed by atoms with Gasteiger partial charge in [0.25, 0.3) is 0 Å². The molecule has 2 aromatic rings. The second-order valence-electron chi connectivity index (χ2n) is 5.27. The summed E-state index contributed by atoms with van der Waals surface area (Å²) in [5.41, 5.74) is 3.58. The number of nitrogens with zero attached hydrogens (tertiary/aromatic N) is 1. The minimum absolute atomic E-state index is 0.0577. The maximum atomic E-state index is 12.4. The smallest absolute Gasteiger partial charge is 0.193 e. The summed E-state index contributed by atoms with van der Waals surface area (Å²) in [5, 5.41) is 3.30. The fourth-order valence-electron chi connectivity index (χ4n) is 2.09. The molecule has 0 atom stereocenters. The summed E-state index contributed by atoms with van der Waals surface area (Å²) in [6.45, 7) is 3.07. The molecular weight excluding hydrogens is 260 g/mol. The fraction of sp³-hybridized carbons (Fsp3) is 0.278. The Labute approximate surface area is 126 Å². The van der Waals surface area contributed by atoms with E-state index in [1.807, 2.05) is 67.5 Å². The van der Waals surface area contributed by atoms with Crippen molar-refractivity contribution >= 4 is 17.2 Å². The van der Waals surface area contributed by atoms with E-state index in [9.17, 15) is 4.79 Å². The van der Waals surface area contributed by atoms with Crippen molar-refractivity contribution in [2.24, 2.45) is 0 Å². The zero-order valence-corrected chi connectivity index (χ0v) is 12.9. The van der Waals surface area contributed by atoms with Crippen LogP contribution >= 0.6 is 0 Å². The summed E-state index contributed by atoms with van der Waals surface area (Å²) in [4.78, 5) is 14.4. The summed E-state index contributed by atoms with van der Waals surface area (Å²) >= 11 is 0. The van der Waals surface area contributed by atoms with Crippen LogP contribution in [0.2, 0.25) is 0 Å². The molecule has 0 fully saturated rings. The number of carbonyl (C=O) groups is 1. The summed E-state index contributed by atoms with van der Waals surface area (Å²) in [6, 6.07) is 15.3. The Morgan fingerprint density at radius 3 is 1.95 bits per heavy atom. The second-order valence-corrected chi connectivity index (χ2v) is 5.27. The molecule has 3 nitrogen and oxygen atoms in total. The van der Waals surface area contributed by atoms with Crippen LogP contribution in [-0.2, 0) is 0 Å². The molecule has 0 heterocycles. The van der Waals surface area contributed by atoms with E-state index in [0.717, 1.165) is 35.5 Å². The van der Waals surface area contributed by atoms with E-state index in [2.05, 4.69) is 12.2 Å². The van der Waals surface area contributed by atoms with E-state index < -0.39 is 0 Å². The van der Waals surface area contributed by atoms with Crippen molar-refractivity contribution in [1.29, 1.82) is 0 Å². The molecule has 3 heteroatoms. The van der Waals surface area contributed by atoms with E-state index in [0.29, 0.717) is 0 Å². The average molecular weight is 282 g/mol. The van der Waals surface area contributed by atoms with Crippen molar-refractivity contribution in [3.8, 4) is 0 Å². The molecule has 0 amide bonds. The maximum absolute atomic E-state index is 12.4. The molecule has 0 aliphatic carbocycles. The number of nitrogens with one attached hydrogen (secondary N) is 1. The fourth-order valence-corrected chi connectivity index (χ4v) is 2.09. The Hall–Kier alpha value is -2.29. The quantitative estimate of drug-likeness (QED) is 0.818. The van der Waals surface area contributed by atoms with Gasteiger partial charge in [-0.2, -0.15) is 0 Å². The molecule has 0 aromatic heterocycles. The highest BCUT2D eigenvalue weighted by atomic mass is 16.1. The molecule has 0 saturated carbocycles. The Balaban J connectivity index is 2.12. The van der Waals surface area contributed by atoms with Gasteiger partial charge in [0.1, 0.15) is 0 Å². The molecule has 21 heavy (non-hydrogen) atoms. The molecule has 0 bridgehead atoms. The minimum atomic E-state index is 0.0577. The molecule has 1 N–H and O–H groups in total. The van der Waals surface area contributed by atoms with Gasteiger partial charge in [-0.1, -0.05) is 6.92 Å². The number of anilines is 2. The van der Waals surface area contributed by atoms with Crippen LogP contribution in [0.5, 0.6) is 0 Å². The van der Waals surface area contributed by atoms with E-state index in [1.165, 1.54) is 0 Å². The monoisotopic (exact) mass is 282 g/mol. The van der Waals surface area contributed by atoms with Gasteiger partial charge in [-0.3, -0.25) is 4.79 Å². The van der Waals surface area contributed by atoms with Gasteiger partial charge in [0.2, 0.25) is 0 Å². The van der Waals surface area contributed by atoms with Crippen LogP contribution < -0.4 is 10.2 Å². The highest BCUT2D eigenvalue weighted by Crippen LogP contribution is 2.17. The van der Waals surface area contributed by atoms with E-state index in [-0.39, 0.29) is 5.78 Å². The topological polar surface area (TPSA) is 32.3 Å². The molecule has 0 radical (unpaired) electrons. The van der Waals surface area contributed by atoms with Gasteiger partial charge in [0, 0.05) is 43.1 Å². The molecule has 2 rings (SSSR count). The van der Waals surface area contributed by atoms with Crippen molar-refractivity contribution in [3.63, 3.8) is 0 Å². The molecule has 0 unspecified atom stereocenters. The number of rotatable bonds is 6. The van der Waals surface area contributed by atoms with Crippen LogP contribution in [-0.4, -0.2) is 26.4 Å². The lowest BCUT2D eigenvalue weighted by Crippen LogP contribution is -2.09. The number of benzene rings is 2. The molecule has 110 valence electrons. The number of hydrogen-bond donors (Lipinski definition) is 1. The number of ketones is 1. The van der Waals surface area contributed by atoms with Gasteiger partial charge in [-0.05, 0) is 55.0 Å². The first-order valence-corrected chi connectivity index (χ1v) is 7.28. The van der Waals surface area contributed by atoms with Crippen LogP contribution in [0.4, 0.5) is 11.4 Å². The highest BCUT2D eigenvalue weighted by Gasteiger charge is 2.09. The van der Waals surface area contributed by atoms with E-state index in [1.54, 1.807) is 0 Å². The van der Waals surface area contributed by atoms with Gasteiger partial charge in [-0.15, -0.1) is 0 Å². The summed E-state index contributed by atoms with van der Waals surface area (Å²) in [7, 11) is 3.97. The summed E-state index contributed by atoms with van der Waals surface area (Å²) in [6.07, 6.45) is 1.08. The number of hydrogen-bond acceptors (Lipinski definition) is 3. The van der Waals surface area contributed by atoms with Crippen LogP contribution in [0.3, 0.4) is 0 Å². The van der Waals surface area contributed by atoms with Crippen LogP contribution in [0, 0.1) is 0 Å². The van der Waals surface area contributed by atoms with Crippen molar-refractivity contribution < 1.29 is 4.79 Å². The van der Waals surface area contributed by atoms with Gasteiger partial charge in [0.05, 0.1) is 0 Å². The predicted molar refractivity (Wildman–Crippen MR) is 89.4 cm³/mol. The lowest BCUT2D eigenvalue weighted by atomic mass is 10.0. The standard InChI is InChI=1S/C18H22N2O/c1-4-13-19-16-9-5-14(6-10-16)18(21)15-7-11-17(12-8-15)20(2)3/h5-12,19H,4,13H2,1-3H3. The van der Waals surface area contributed by atoms with Crippen LogP contribution in [0.25, 0.3) is 0 Å². The summed E-state index contributed by atoms with van der Waals surface area (Å²) in [5.74, 6) is 0.0577.